The highest BCUT2D eigenvalue weighted by Gasteiger charge is 1.96. The number of rotatable bonds is 5. The fourth-order valence-corrected chi connectivity index (χ4v) is 2.08. The van der Waals surface area contributed by atoms with E-state index in [1.165, 1.54) is 18.6 Å². The van der Waals surface area contributed by atoms with Crippen molar-refractivity contribution >= 4 is 23.5 Å². The van der Waals surface area contributed by atoms with Crippen molar-refractivity contribution in [3.8, 4) is 0 Å². The van der Waals surface area contributed by atoms with E-state index in [2.05, 4.69) is 31.9 Å². The molecular weight excluding hydrogens is 148 g/mol. The maximum absolute atomic E-state index is 2.27. The Kier molecular flexibility index (Phi) is 7.34. The molecule has 0 N–H and O–H groups in total. The third-order valence-corrected chi connectivity index (χ3v) is 3.83. The largest absolute Gasteiger partial charge is 0.151 e. The Hall–Kier alpha value is 0.700. The predicted octanol–water partition coefficient (Wildman–Crippen LogP) is 3.23. The third-order valence-electron chi connectivity index (χ3n) is 1.18. The van der Waals surface area contributed by atoms with Crippen molar-refractivity contribution in [2.24, 2.45) is 0 Å². The highest BCUT2D eigenvalue weighted by atomic mass is 32.2. The van der Waals surface area contributed by atoms with Crippen LogP contribution < -0.4 is 0 Å². The highest BCUT2D eigenvalue weighted by Crippen LogP contribution is 2.20. The zero-order valence-corrected chi connectivity index (χ0v) is 8.15. The van der Waals surface area contributed by atoms with E-state index in [4.69, 9.17) is 0 Å². The van der Waals surface area contributed by atoms with Crippen LogP contribution in [0.5, 0.6) is 0 Å². The molecule has 0 aliphatic heterocycles. The minimum atomic E-state index is 0.788. The van der Waals surface area contributed by atoms with Gasteiger partial charge in [-0.3, -0.25) is 0 Å². The van der Waals surface area contributed by atoms with Crippen molar-refractivity contribution < 1.29 is 0 Å². The predicted molar refractivity (Wildman–Crippen MR) is 50.3 cm³/mol. The summed E-state index contributed by atoms with van der Waals surface area (Å²) in [5, 5.41) is 0. The minimum absolute atomic E-state index is 0.788. The van der Waals surface area contributed by atoms with Crippen molar-refractivity contribution in [3.05, 3.63) is 0 Å². The summed E-state index contributed by atoms with van der Waals surface area (Å²) in [4.78, 5) is 0. The number of unbranched alkanes of at least 4 members (excludes halogenated alkanes) is 1. The molecule has 0 spiro atoms. The van der Waals surface area contributed by atoms with Gasteiger partial charge in [-0.05, 0) is 25.4 Å². The molecule has 0 radical (unpaired) electrons. The lowest BCUT2D eigenvalue weighted by atomic mass is 10.4. The lowest BCUT2D eigenvalue weighted by Gasteiger charge is -2.05. The van der Waals surface area contributed by atoms with Gasteiger partial charge in [0.05, 0.1) is 0 Å². The lowest BCUT2D eigenvalue weighted by molar-refractivity contribution is 0.896. The van der Waals surface area contributed by atoms with Crippen LogP contribution in [0.1, 0.15) is 26.7 Å². The van der Waals surface area contributed by atoms with Gasteiger partial charge in [-0.2, -0.15) is 11.8 Å². The second kappa shape index (κ2) is 6.81. The van der Waals surface area contributed by atoms with Crippen LogP contribution in [0.25, 0.3) is 0 Å². The van der Waals surface area contributed by atoms with E-state index in [1.54, 1.807) is 0 Å². The SMILES string of the molecule is CCCCSC(C)SC. The molecule has 0 nitrogen and oxygen atoms in total. The first kappa shape index (κ1) is 9.70. The minimum Gasteiger partial charge on any atom is -0.151 e. The topological polar surface area (TPSA) is 0 Å². The van der Waals surface area contributed by atoms with Gasteiger partial charge in [0.2, 0.25) is 0 Å². The maximum atomic E-state index is 2.27. The Labute approximate surface area is 67.2 Å². The molecule has 0 heterocycles. The summed E-state index contributed by atoms with van der Waals surface area (Å²) in [5.74, 6) is 1.33. The Morgan fingerprint density at radius 2 is 2.11 bits per heavy atom. The average molecular weight is 164 g/mol. The van der Waals surface area contributed by atoms with E-state index >= 15 is 0 Å². The van der Waals surface area contributed by atoms with Crippen molar-refractivity contribution in [1.82, 2.24) is 0 Å². The summed E-state index contributed by atoms with van der Waals surface area (Å²) in [7, 11) is 0. The smallest absolute Gasteiger partial charge is 0.0471 e. The Bertz CT molecular complexity index is 54.9. The molecule has 0 aliphatic carbocycles. The van der Waals surface area contributed by atoms with Crippen LogP contribution in [-0.2, 0) is 0 Å². The van der Waals surface area contributed by atoms with Crippen molar-refractivity contribution in [1.29, 1.82) is 0 Å². The summed E-state index contributed by atoms with van der Waals surface area (Å²) in [6.07, 6.45) is 4.87. The van der Waals surface area contributed by atoms with E-state index < -0.39 is 0 Å². The van der Waals surface area contributed by atoms with Gasteiger partial charge in [0, 0.05) is 4.58 Å². The van der Waals surface area contributed by atoms with Crippen LogP contribution in [-0.4, -0.2) is 16.6 Å². The second-order valence-electron chi connectivity index (χ2n) is 2.03. The molecule has 0 aromatic carbocycles. The van der Waals surface area contributed by atoms with Gasteiger partial charge in [0.25, 0.3) is 0 Å². The van der Waals surface area contributed by atoms with Crippen molar-refractivity contribution in [2.75, 3.05) is 12.0 Å². The van der Waals surface area contributed by atoms with Crippen LogP contribution in [0.2, 0.25) is 0 Å². The Balaban J connectivity index is 2.88. The van der Waals surface area contributed by atoms with Gasteiger partial charge in [0.1, 0.15) is 0 Å². The molecule has 0 saturated heterocycles. The van der Waals surface area contributed by atoms with E-state index in [0.717, 1.165) is 4.58 Å². The first-order valence-corrected chi connectivity index (χ1v) is 5.79. The van der Waals surface area contributed by atoms with Crippen LogP contribution in [0.15, 0.2) is 0 Å². The molecular formula is C7H16S2. The molecule has 2 heteroatoms. The van der Waals surface area contributed by atoms with Gasteiger partial charge in [-0.15, -0.1) is 11.8 Å². The van der Waals surface area contributed by atoms with Gasteiger partial charge in [-0.1, -0.05) is 13.3 Å². The molecule has 1 unspecified atom stereocenters. The molecule has 0 bridgehead atoms. The fraction of sp³-hybridized carbons (Fsp3) is 1.00. The Morgan fingerprint density at radius 1 is 1.44 bits per heavy atom. The normalized spacial score (nSPS) is 13.7. The lowest BCUT2D eigenvalue weighted by Crippen LogP contribution is -1.88. The molecule has 1 atom stereocenters. The summed E-state index contributed by atoms with van der Waals surface area (Å²) in [6.45, 7) is 4.51. The molecule has 0 saturated carbocycles. The summed E-state index contributed by atoms with van der Waals surface area (Å²) in [6, 6.07) is 0. The molecule has 0 amide bonds. The molecule has 0 rings (SSSR count). The zero-order valence-electron chi connectivity index (χ0n) is 6.52. The molecule has 0 fully saturated rings. The van der Waals surface area contributed by atoms with Crippen molar-refractivity contribution in [3.63, 3.8) is 0 Å². The molecule has 0 aromatic rings. The van der Waals surface area contributed by atoms with E-state index in [0.29, 0.717) is 0 Å². The first-order chi connectivity index (χ1) is 4.31. The summed E-state index contributed by atoms with van der Waals surface area (Å²) < 4.78 is 0.788. The fourth-order valence-electron chi connectivity index (χ4n) is 0.462. The van der Waals surface area contributed by atoms with Gasteiger partial charge in [-0.25, -0.2) is 0 Å². The Morgan fingerprint density at radius 3 is 2.56 bits per heavy atom. The summed E-state index contributed by atoms with van der Waals surface area (Å²) in [5.41, 5.74) is 0. The summed E-state index contributed by atoms with van der Waals surface area (Å²) >= 11 is 4.00. The standard InChI is InChI=1S/C7H16S2/c1-4-5-6-9-7(2)8-3/h7H,4-6H2,1-3H3. The maximum Gasteiger partial charge on any atom is 0.0471 e. The van der Waals surface area contributed by atoms with Gasteiger partial charge < -0.3 is 0 Å². The van der Waals surface area contributed by atoms with Crippen molar-refractivity contribution in [2.45, 2.75) is 31.3 Å². The highest BCUT2D eigenvalue weighted by molar-refractivity contribution is 8.16. The average Bonchev–Trinajstić information content (AvgIpc) is 1.89. The number of hydrogen-bond donors (Lipinski definition) is 0. The quantitative estimate of drug-likeness (QED) is 0.452. The second-order valence-corrected chi connectivity index (χ2v) is 4.95. The van der Waals surface area contributed by atoms with Crippen LogP contribution in [0.3, 0.4) is 0 Å². The third kappa shape index (κ3) is 6.59. The van der Waals surface area contributed by atoms with Crippen LogP contribution in [0.4, 0.5) is 0 Å². The number of thioether (sulfide) groups is 2. The van der Waals surface area contributed by atoms with Crippen LogP contribution in [0, 0.1) is 0 Å². The molecule has 0 aliphatic rings. The monoisotopic (exact) mass is 164 g/mol. The molecule has 0 aromatic heterocycles. The zero-order chi connectivity index (χ0) is 7.11. The van der Waals surface area contributed by atoms with Crippen LogP contribution >= 0.6 is 23.5 Å². The molecule has 56 valence electrons. The molecule has 9 heavy (non-hydrogen) atoms. The van der Waals surface area contributed by atoms with E-state index in [9.17, 15) is 0 Å². The van der Waals surface area contributed by atoms with Gasteiger partial charge in [0.15, 0.2) is 0 Å². The van der Waals surface area contributed by atoms with Gasteiger partial charge >= 0.3 is 0 Å². The van der Waals surface area contributed by atoms with E-state index in [-0.39, 0.29) is 0 Å². The first-order valence-electron chi connectivity index (χ1n) is 3.45. The van der Waals surface area contributed by atoms with E-state index in [1.807, 2.05) is 11.8 Å². The number of hydrogen-bond acceptors (Lipinski definition) is 2.